The van der Waals surface area contributed by atoms with Gasteiger partial charge in [0.25, 0.3) is 0 Å². The quantitative estimate of drug-likeness (QED) is 0.752. The zero-order valence-corrected chi connectivity index (χ0v) is 11.7. The van der Waals surface area contributed by atoms with Gasteiger partial charge in [-0.25, -0.2) is 0 Å². The maximum atomic E-state index is 12.2. The highest BCUT2D eigenvalue weighted by atomic mass is 16.2. The molecule has 1 saturated heterocycles. The molecule has 1 fully saturated rings. The summed E-state index contributed by atoms with van der Waals surface area (Å²) in [6.07, 6.45) is 3.72. The summed E-state index contributed by atoms with van der Waals surface area (Å²) in [5.41, 5.74) is 0. The first-order valence-corrected chi connectivity index (χ1v) is 6.80. The molecule has 0 radical (unpaired) electrons. The van der Waals surface area contributed by atoms with Crippen molar-refractivity contribution in [2.45, 2.75) is 51.6 Å². The zero-order valence-electron chi connectivity index (χ0n) is 11.7. The Labute approximate surface area is 109 Å². The molecule has 0 aromatic rings. The van der Waals surface area contributed by atoms with Crippen molar-refractivity contribution >= 4 is 11.8 Å². The van der Waals surface area contributed by atoms with Gasteiger partial charge in [-0.2, -0.15) is 0 Å². The van der Waals surface area contributed by atoms with Crippen LogP contribution in [0.4, 0.5) is 0 Å². The number of hydrogen-bond donors (Lipinski definition) is 2. The van der Waals surface area contributed by atoms with E-state index in [0.29, 0.717) is 19.0 Å². The van der Waals surface area contributed by atoms with E-state index in [9.17, 15) is 9.59 Å². The van der Waals surface area contributed by atoms with Crippen LogP contribution < -0.4 is 10.6 Å². The Morgan fingerprint density at radius 3 is 2.72 bits per heavy atom. The van der Waals surface area contributed by atoms with Crippen LogP contribution in [0.3, 0.4) is 0 Å². The first-order chi connectivity index (χ1) is 8.56. The summed E-state index contributed by atoms with van der Waals surface area (Å²) in [6, 6.07) is -0.127. The third kappa shape index (κ3) is 4.29. The second kappa shape index (κ2) is 7.36. The number of piperidine rings is 1. The van der Waals surface area contributed by atoms with E-state index < -0.39 is 6.04 Å². The van der Waals surface area contributed by atoms with E-state index in [1.807, 2.05) is 4.90 Å². The molecule has 0 aliphatic carbocycles. The Morgan fingerprint density at radius 2 is 2.11 bits per heavy atom. The van der Waals surface area contributed by atoms with Gasteiger partial charge in [-0.3, -0.25) is 9.59 Å². The van der Waals surface area contributed by atoms with Crippen LogP contribution in [-0.4, -0.2) is 48.9 Å². The van der Waals surface area contributed by atoms with Gasteiger partial charge in [-0.05, 0) is 40.2 Å². The monoisotopic (exact) mass is 255 g/mol. The molecule has 18 heavy (non-hydrogen) atoms. The van der Waals surface area contributed by atoms with Crippen LogP contribution in [0.2, 0.25) is 0 Å². The molecule has 2 amide bonds. The van der Waals surface area contributed by atoms with Crippen LogP contribution in [-0.2, 0) is 9.59 Å². The molecular formula is C13H25N3O2. The molecule has 0 aromatic heterocycles. The summed E-state index contributed by atoms with van der Waals surface area (Å²) in [5, 5.41) is 5.68. The lowest BCUT2D eigenvalue weighted by Crippen LogP contribution is -2.51. The van der Waals surface area contributed by atoms with Crippen molar-refractivity contribution in [2.75, 3.05) is 20.1 Å². The number of nitrogens with one attached hydrogen (secondary N) is 2. The van der Waals surface area contributed by atoms with Crippen LogP contribution >= 0.6 is 0 Å². The molecular weight excluding hydrogens is 230 g/mol. The highest BCUT2D eigenvalue weighted by Gasteiger charge is 2.27. The highest BCUT2D eigenvalue weighted by Crippen LogP contribution is 2.17. The maximum Gasteiger partial charge on any atom is 0.245 e. The molecule has 2 atom stereocenters. The Hall–Kier alpha value is -1.10. The molecule has 104 valence electrons. The van der Waals surface area contributed by atoms with Gasteiger partial charge in [-0.1, -0.05) is 0 Å². The predicted octanol–water partition coefficient (Wildman–Crippen LogP) is 0.502. The minimum atomic E-state index is -0.421. The number of carbonyl (C=O) groups excluding carboxylic acids is 2. The standard InChI is InChI=1S/C13H25N3O2/c1-10-6-4-5-9-16(10)13(18)11(2)15-12(17)7-8-14-3/h10-11,14H,4-9H2,1-3H3,(H,15,17). The van der Waals surface area contributed by atoms with E-state index in [4.69, 9.17) is 0 Å². The molecule has 1 rings (SSSR count). The van der Waals surface area contributed by atoms with Crippen LogP contribution in [0.1, 0.15) is 39.5 Å². The summed E-state index contributed by atoms with van der Waals surface area (Å²) in [4.78, 5) is 25.7. The normalized spacial score (nSPS) is 21.5. The highest BCUT2D eigenvalue weighted by molar-refractivity contribution is 5.87. The van der Waals surface area contributed by atoms with Crippen molar-refractivity contribution in [3.8, 4) is 0 Å². The Balaban J connectivity index is 2.42. The van der Waals surface area contributed by atoms with Gasteiger partial charge in [0.2, 0.25) is 11.8 Å². The first kappa shape index (κ1) is 15.0. The average molecular weight is 255 g/mol. The van der Waals surface area contributed by atoms with Crippen LogP contribution in [0.15, 0.2) is 0 Å². The summed E-state index contributed by atoms with van der Waals surface area (Å²) in [5.74, 6) is -0.0325. The number of nitrogens with zero attached hydrogens (tertiary/aromatic N) is 1. The molecule has 2 unspecified atom stereocenters. The minimum absolute atomic E-state index is 0.0417. The lowest BCUT2D eigenvalue weighted by atomic mass is 10.0. The summed E-state index contributed by atoms with van der Waals surface area (Å²) in [6.45, 7) is 5.29. The Kier molecular flexibility index (Phi) is 6.12. The van der Waals surface area contributed by atoms with E-state index in [0.717, 1.165) is 19.4 Å². The SMILES string of the molecule is CNCCC(=O)NC(C)C(=O)N1CCCCC1C. The van der Waals surface area contributed by atoms with Gasteiger partial charge < -0.3 is 15.5 Å². The minimum Gasteiger partial charge on any atom is -0.345 e. The molecule has 1 aliphatic heterocycles. The topological polar surface area (TPSA) is 61.4 Å². The number of hydrogen-bond acceptors (Lipinski definition) is 3. The number of likely N-dealkylation sites (tertiary alicyclic amines) is 1. The first-order valence-electron chi connectivity index (χ1n) is 6.80. The van der Waals surface area contributed by atoms with E-state index in [1.165, 1.54) is 6.42 Å². The van der Waals surface area contributed by atoms with Crippen LogP contribution in [0, 0.1) is 0 Å². The maximum absolute atomic E-state index is 12.2. The van der Waals surface area contributed by atoms with E-state index in [2.05, 4.69) is 17.6 Å². The van der Waals surface area contributed by atoms with Crippen molar-refractivity contribution < 1.29 is 9.59 Å². The largest absolute Gasteiger partial charge is 0.345 e. The van der Waals surface area contributed by atoms with Gasteiger partial charge >= 0.3 is 0 Å². The van der Waals surface area contributed by atoms with Gasteiger partial charge in [0, 0.05) is 25.6 Å². The van der Waals surface area contributed by atoms with Crippen molar-refractivity contribution in [3.63, 3.8) is 0 Å². The molecule has 5 heteroatoms. The van der Waals surface area contributed by atoms with E-state index >= 15 is 0 Å². The third-order valence-electron chi connectivity index (χ3n) is 3.44. The molecule has 5 nitrogen and oxygen atoms in total. The fourth-order valence-electron chi connectivity index (χ4n) is 2.29. The number of rotatable bonds is 5. The van der Waals surface area contributed by atoms with Gasteiger partial charge in [-0.15, -0.1) is 0 Å². The summed E-state index contributed by atoms with van der Waals surface area (Å²) >= 11 is 0. The van der Waals surface area contributed by atoms with E-state index in [1.54, 1.807) is 14.0 Å². The van der Waals surface area contributed by atoms with Crippen molar-refractivity contribution in [1.82, 2.24) is 15.5 Å². The second-order valence-corrected chi connectivity index (χ2v) is 5.02. The zero-order chi connectivity index (χ0) is 13.5. The molecule has 0 bridgehead atoms. The van der Waals surface area contributed by atoms with E-state index in [-0.39, 0.29) is 11.8 Å². The van der Waals surface area contributed by atoms with Crippen molar-refractivity contribution in [1.29, 1.82) is 0 Å². The fraction of sp³-hybridized carbons (Fsp3) is 0.846. The Bertz CT molecular complexity index is 294. The number of carbonyl (C=O) groups is 2. The molecule has 1 heterocycles. The summed E-state index contributed by atoms with van der Waals surface area (Å²) < 4.78 is 0. The Morgan fingerprint density at radius 1 is 1.39 bits per heavy atom. The molecule has 0 saturated carbocycles. The fourth-order valence-corrected chi connectivity index (χ4v) is 2.29. The third-order valence-corrected chi connectivity index (χ3v) is 3.44. The second-order valence-electron chi connectivity index (χ2n) is 5.02. The van der Waals surface area contributed by atoms with Crippen LogP contribution in [0.5, 0.6) is 0 Å². The van der Waals surface area contributed by atoms with Crippen molar-refractivity contribution in [2.24, 2.45) is 0 Å². The lowest BCUT2D eigenvalue weighted by molar-refractivity contribution is -0.138. The smallest absolute Gasteiger partial charge is 0.245 e. The van der Waals surface area contributed by atoms with Gasteiger partial charge in [0.1, 0.15) is 6.04 Å². The predicted molar refractivity (Wildman–Crippen MR) is 71.2 cm³/mol. The van der Waals surface area contributed by atoms with Crippen molar-refractivity contribution in [3.05, 3.63) is 0 Å². The average Bonchev–Trinajstić information content (AvgIpc) is 2.36. The molecule has 1 aliphatic rings. The molecule has 0 aromatic carbocycles. The molecule has 2 N–H and O–H groups in total. The van der Waals surface area contributed by atoms with Crippen LogP contribution in [0.25, 0.3) is 0 Å². The number of amides is 2. The molecule has 0 spiro atoms. The van der Waals surface area contributed by atoms with Gasteiger partial charge in [0.05, 0.1) is 0 Å². The summed E-state index contributed by atoms with van der Waals surface area (Å²) in [7, 11) is 1.80. The lowest BCUT2D eigenvalue weighted by Gasteiger charge is -2.35. The van der Waals surface area contributed by atoms with Gasteiger partial charge in [0.15, 0.2) is 0 Å².